The Hall–Kier alpha value is -0.960. The van der Waals surface area contributed by atoms with Crippen molar-refractivity contribution in [3.8, 4) is 6.07 Å². The first-order chi connectivity index (χ1) is 5.33. The third-order valence-electron chi connectivity index (χ3n) is 1.13. The molecule has 1 heterocycles. The molecular formula is C5H7N5S. The molecule has 0 aromatic rings. The second-order valence-electron chi connectivity index (χ2n) is 1.89. The van der Waals surface area contributed by atoms with Crippen LogP contribution in [-0.2, 0) is 0 Å². The highest BCUT2D eigenvalue weighted by molar-refractivity contribution is 8.00. The minimum Gasteiger partial charge on any atom is -0.198 e. The van der Waals surface area contributed by atoms with Crippen molar-refractivity contribution in [2.75, 3.05) is 5.75 Å². The van der Waals surface area contributed by atoms with Gasteiger partial charge in [-0.15, -0.1) is 22.0 Å². The first kappa shape index (κ1) is 8.14. The third kappa shape index (κ3) is 1.74. The lowest BCUT2D eigenvalue weighted by atomic mass is 10.4. The van der Waals surface area contributed by atoms with Crippen LogP contribution in [0.1, 0.15) is 13.3 Å². The Bertz CT molecular complexity index is 216. The summed E-state index contributed by atoms with van der Waals surface area (Å²) < 4.78 is 0. The zero-order valence-electron chi connectivity index (χ0n) is 6.06. The van der Waals surface area contributed by atoms with E-state index in [9.17, 15) is 0 Å². The van der Waals surface area contributed by atoms with Crippen LogP contribution in [0, 0.1) is 11.3 Å². The van der Waals surface area contributed by atoms with Crippen molar-refractivity contribution in [2.24, 2.45) is 20.7 Å². The highest BCUT2D eigenvalue weighted by Gasteiger charge is 2.32. The molecule has 1 rings (SSSR count). The molecule has 1 aliphatic rings. The molecule has 5 nitrogen and oxygen atoms in total. The van der Waals surface area contributed by atoms with Gasteiger partial charge >= 0.3 is 0 Å². The van der Waals surface area contributed by atoms with Gasteiger partial charge in [0.1, 0.15) is 0 Å². The minimum absolute atomic E-state index is 0.235. The van der Waals surface area contributed by atoms with Crippen LogP contribution < -0.4 is 0 Å². The molecule has 0 amide bonds. The van der Waals surface area contributed by atoms with E-state index in [2.05, 4.69) is 20.7 Å². The van der Waals surface area contributed by atoms with Crippen molar-refractivity contribution >= 4 is 11.8 Å². The molecule has 6 heteroatoms. The predicted octanol–water partition coefficient (Wildman–Crippen LogP) is 2.14. The highest BCUT2D eigenvalue weighted by Crippen LogP contribution is 2.35. The fraction of sp³-hybridized carbons (Fsp3) is 0.800. The lowest BCUT2D eigenvalue weighted by Crippen LogP contribution is -2.15. The van der Waals surface area contributed by atoms with Gasteiger partial charge in [0.25, 0.3) is 4.99 Å². The number of hydrogen-bond acceptors (Lipinski definition) is 6. The Labute approximate surface area is 68.6 Å². The molecule has 11 heavy (non-hydrogen) atoms. The topological polar surface area (TPSA) is 73.2 Å². The zero-order chi connectivity index (χ0) is 8.16. The molecule has 0 radical (unpaired) electrons. The van der Waals surface area contributed by atoms with Gasteiger partial charge in [0, 0.05) is 0 Å². The molecule has 0 aromatic heterocycles. The third-order valence-corrected chi connectivity index (χ3v) is 2.19. The minimum atomic E-state index is -0.733. The lowest BCUT2D eigenvalue weighted by Gasteiger charge is -2.12. The smallest absolute Gasteiger partial charge is 0.198 e. The average molecular weight is 169 g/mol. The van der Waals surface area contributed by atoms with E-state index in [1.54, 1.807) is 0 Å². The van der Waals surface area contributed by atoms with Crippen LogP contribution in [-0.4, -0.2) is 10.7 Å². The van der Waals surface area contributed by atoms with E-state index in [0.29, 0.717) is 0 Å². The fourth-order valence-electron chi connectivity index (χ4n) is 0.713. The largest absolute Gasteiger partial charge is 0.253 e. The monoisotopic (exact) mass is 169 g/mol. The quantitative estimate of drug-likeness (QED) is 0.649. The predicted molar refractivity (Wildman–Crippen MR) is 40.8 cm³/mol. The van der Waals surface area contributed by atoms with Crippen molar-refractivity contribution in [1.29, 1.82) is 5.26 Å². The summed E-state index contributed by atoms with van der Waals surface area (Å²) >= 11 is 1.47. The summed E-state index contributed by atoms with van der Waals surface area (Å²) in [5.74, 6) is 0.847. The molecule has 0 fully saturated rings. The molecule has 0 aromatic carbocycles. The average Bonchev–Trinajstić information content (AvgIpc) is 2.39. The van der Waals surface area contributed by atoms with Crippen molar-refractivity contribution in [3.63, 3.8) is 0 Å². The lowest BCUT2D eigenvalue weighted by molar-refractivity contribution is 0.655. The summed E-state index contributed by atoms with van der Waals surface area (Å²) in [7, 11) is 0. The van der Waals surface area contributed by atoms with Gasteiger partial charge in [0.05, 0.1) is 12.5 Å². The van der Waals surface area contributed by atoms with Crippen LogP contribution in [0.2, 0.25) is 0 Å². The number of rotatable bonds is 3. The van der Waals surface area contributed by atoms with E-state index in [0.717, 1.165) is 5.75 Å². The highest BCUT2D eigenvalue weighted by atomic mass is 32.2. The maximum atomic E-state index is 8.45. The van der Waals surface area contributed by atoms with Crippen molar-refractivity contribution < 1.29 is 0 Å². The van der Waals surface area contributed by atoms with Gasteiger partial charge in [0.2, 0.25) is 0 Å². The summed E-state index contributed by atoms with van der Waals surface area (Å²) in [6, 6.07) is 2.01. The van der Waals surface area contributed by atoms with Gasteiger partial charge in [-0.25, -0.2) is 0 Å². The molecular weight excluding hydrogens is 162 g/mol. The summed E-state index contributed by atoms with van der Waals surface area (Å²) in [4.78, 5) is -0.733. The zero-order valence-corrected chi connectivity index (χ0v) is 6.88. The van der Waals surface area contributed by atoms with E-state index in [1.165, 1.54) is 11.8 Å². The second kappa shape index (κ2) is 3.44. The standard InChI is InChI=1S/C5H7N5S/c1-2-11-5(3-4-6)7-9-10-8-5/h2-3H2,1H3. The van der Waals surface area contributed by atoms with Crippen molar-refractivity contribution in [1.82, 2.24) is 0 Å². The van der Waals surface area contributed by atoms with Crippen molar-refractivity contribution in [2.45, 2.75) is 18.3 Å². The van der Waals surface area contributed by atoms with Gasteiger partial charge in [-0.2, -0.15) is 5.26 Å². The van der Waals surface area contributed by atoms with E-state index < -0.39 is 4.99 Å². The summed E-state index contributed by atoms with van der Waals surface area (Å²) in [6.45, 7) is 1.98. The summed E-state index contributed by atoms with van der Waals surface area (Å²) in [5, 5.41) is 22.8. The molecule has 58 valence electrons. The number of nitriles is 1. The Kier molecular flexibility index (Phi) is 2.54. The van der Waals surface area contributed by atoms with Crippen molar-refractivity contribution in [3.05, 3.63) is 0 Å². The van der Waals surface area contributed by atoms with Gasteiger partial charge in [-0.05, 0) is 16.2 Å². The maximum Gasteiger partial charge on any atom is 0.253 e. The van der Waals surface area contributed by atoms with Crippen LogP contribution in [0.25, 0.3) is 0 Å². The van der Waals surface area contributed by atoms with Gasteiger partial charge in [-0.3, -0.25) is 0 Å². The van der Waals surface area contributed by atoms with E-state index >= 15 is 0 Å². The van der Waals surface area contributed by atoms with E-state index in [4.69, 9.17) is 5.26 Å². The molecule has 0 saturated carbocycles. The first-order valence-electron chi connectivity index (χ1n) is 3.18. The molecule has 0 unspecified atom stereocenters. The van der Waals surface area contributed by atoms with Crippen LogP contribution in [0.3, 0.4) is 0 Å². The Morgan fingerprint density at radius 1 is 1.45 bits per heavy atom. The Morgan fingerprint density at radius 3 is 2.55 bits per heavy atom. The second-order valence-corrected chi connectivity index (χ2v) is 3.41. The molecule has 0 atom stereocenters. The fourth-order valence-corrected chi connectivity index (χ4v) is 1.53. The number of hydrogen-bond donors (Lipinski definition) is 0. The first-order valence-corrected chi connectivity index (χ1v) is 4.16. The van der Waals surface area contributed by atoms with Crippen LogP contribution >= 0.6 is 11.8 Å². The van der Waals surface area contributed by atoms with Gasteiger partial charge in [-0.1, -0.05) is 6.92 Å². The summed E-state index contributed by atoms with van der Waals surface area (Å²) in [5.41, 5.74) is 0. The molecule has 1 aliphatic heterocycles. The SMILES string of the molecule is CCSC1(CC#N)N=NN=N1. The van der Waals surface area contributed by atoms with Crippen LogP contribution in [0.4, 0.5) is 0 Å². The number of nitrogens with zero attached hydrogens (tertiary/aromatic N) is 5. The normalized spacial score (nSPS) is 18.5. The molecule has 0 spiro atoms. The molecule has 0 N–H and O–H groups in total. The van der Waals surface area contributed by atoms with Crippen LogP contribution in [0.5, 0.6) is 0 Å². The van der Waals surface area contributed by atoms with E-state index in [-0.39, 0.29) is 6.42 Å². The Balaban J connectivity index is 2.65. The number of thioether (sulfide) groups is 1. The van der Waals surface area contributed by atoms with Gasteiger partial charge in [0.15, 0.2) is 0 Å². The van der Waals surface area contributed by atoms with E-state index in [1.807, 2.05) is 13.0 Å². The van der Waals surface area contributed by atoms with Gasteiger partial charge < -0.3 is 0 Å². The molecule has 0 aliphatic carbocycles. The molecule has 0 saturated heterocycles. The van der Waals surface area contributed by atoms with Crippen LogP contribution in [0.15, 0.2) is 20.7 Å². The Morgan fingerprint density at radius 2 is 2.09 bits per heavy atom. The maximum absolute atomic E-state index is 8.45. The summed E-state index contributed by atoms with van der Waals surface area (Å²) in [6.07, 6.45) is 0.235. The molecule has 0 bridgehead atoms.